The Morgan fingerprint density at radius 2 is 1.60 bits per heavy atom. The molecule has 0 aliphatic rings. The third-order valence-corrected chi connectivity index (χ3v) is 3.12. The summed E-state index contributed by atoms with van der Waals surface area (Å²) in [4.78, 5) is 23.5. The molecule has 0 unspecified atom stereocenters. The molecule has 102 valence electrons. The molecule has 0 saturated heterocycles. The summed E-state index contributed by atoms with van der Waals surface area (Å²) in [5.74, 6) is -2.04. The molecule has 3 N–H and O–H groups in total. The lowest BCUT2D eigenvalue weighted by atomic mass is 9.91. The van der Waals surface area contributed by atoms with Crippen LogP contribution in [0, 0.1) is 0 Å². The van der Waals surface area contributed by atoms with E-state index >= 15 is 0 Å². The second-order valence-electron chi connectivity index (χ2n) is 4.55. The van der Waals surface area contributed by atoms with E-state index in [2.05, 4.69) is 0 Å². The number of benzene rings is 2. The van der Waals surface area contributed by atoms with E-state index in [1.54, 1.807) is 48.5 Å². The summed E-state index contributed by atoms with van der Waals surface area (Å²) < 4.78 is 0. The lowest BCUT2D eigenvalue weighted by Gasteiger charge is -2.12. The van der Waals surface area contributed by atoms with Gasteiger partial charge in [-0.25, -0.2) is 0 Å². The van der Waals surface area contributed by atoms with E-state index in [0.29, 0.717) is 16.8 Å². The maximum Gasteiger partial charge on any atom is 0.311 e. The Labute approximate surface area is 116 Å². The molecule has 0 aliphatic heterocycles. The van der Waals surface area contributed by atoms with Crippen LogP contribution in [0.5, 0.6) is 0 Å². The lowest BCUT2D eigenvalue weighted by molar-refractivity contribution is -0.138. The number of ketones is 1. The maximum atomic E-state index is 12.1. The van der Waals surface area contributed by atoms with E-state index in [1.165, 1.54) is 0 Å². The van der Waals surface area contributed by atoms with Crippen LogP contribution in [-0.4, -0.2) is 16.9 Å². The number of rotatable bonds is 5. The van der Waals surface area contributed by atoms with Gasteiger partial charge in [-0.1, -0.05) is 30.3 Å². The van der Waals surface area contributed by atoms with Gasteiger partial charge in [0.05, 0.1) is 5.92 Å². The number of Topliss-reactive ketones (excluding diaryl/α,β-unsaturated/α-hetero) is 1. The number of carbonyl (C=O) groups excluding carboxylic acids is 1. The highest BCUT2D eigenvalue weighted by molar-refractivity contribution is 5.99. The van der Waals surface area contributed by atoms with Crippen LogP contribution in [0.4, 0.5) is 5.69 Å². The first-order valence-electron chi connectivity index (χ1n) is 6.24. The smallest absolute Gasteiger partial charge is 0.311 e. The molecule has 0 fully saturated rings. The summed E-state index contributed by atoms with van der Waals surface area (Å²) in [5, 5.41) is 9.29. The molecule has 0 aliphatic carbocycles. The second-order valence-corrected chi connectivity index (χ2v) is 4.55. The van der Waals surface area contributed by atoms with Gasteiger partial charge in [0.2, 0.25) is 0 Å². The van der Waals surface area contributed by atoms with Crippen LogP contribution in [0.1, 0.15) is 28.3 Å². The monoisotopic (exact) mass is 269 g/mol. The minimum Gasteiger partial charge on any atom is -0.481 e. The number of carboxylic acid groups (broad SMARTS) is 1. The van der Waals surface area contributed by atoms with Gasteiger partial charge in [0, 0.05) is 17.7 Å². The number of aliphatic carboxylic acids is 1. The van der Waals surface area contributed by atoms with Crippen LogP contribution in [0.15, 0.2) is 54.6 Å². The summed E-state index contributed by atoms with van der Waals surface area (Å²) in [6.07, 6.45) is -0.0662. The highest BCUT2D eigenvalue weighted by atomic mass is 16.4. The Hall–Kier alpha value is -2.62. The molecule has 0 heterocycles. The number of nitrogens with two attached hydrogens (primary N) is 1. The number of anilines is 1. The Kier molecular flexibility index (Phi) is 4.15. The summed E-state index contributed by atoms with van der Waals surface area (Å²) >= 11 is 0. The molecule has 0 saturated carbocycles. The predicted octanol–water partition coefficient (Wildman–Crippen LogP) is 2.71. The van der Waals surface area contributed by atoms with E-state index in [-0.39, 0.29) is 12.2 Å². The van der Waals surface area contributed by atoms with Crippen molar-refractivity contribution in [3.63, 3.8) is 0 Å². The SMILES string of the molecule is Nc1ccc(C(=O)C[C@H](C(=O)O)c2ccccc2)cc1. The van der Waals surface area contributed by atoms with E-state index in [4.69, 9.17) is 5.73 Å². The minimum atomic E-state index is -1.00. The summed E-state index contributed by atoms with van der Waals surface area (Å²) in [6.45, 7) is 0. The molecular weight excluding hydrogens is 254 g/mol. The fourth-order valence-electron chi connectivity index (χ4n) is 2.01. The fraction of sp³-hybridized carbons (Fsp3) is 0.125. The molecule has 1 atom stereocenters. The van der Waals surface area contributed by atoms with Gasteiger partial charge in [-0.3, -0.25) is 9.59 Å². The molecule has 4 heteroatoms. The highest BCUT2D eigenvalue weighted by Gasteiger charge is 2.23. The molecule has 2 rings (SSSR count). The van der Waals surface area contributed by atoms with E-state index in [0.717, 1.165) is 0 Å². The zero-order chi connectivity index (χ0) is 14.5. The quantitative estimate of drug-likeness (QED) is 0.646. The van der Waals surface area contributed by atoms with Crippen LogP contribution < -0.4 is 5.73 Å². The number of nitrogen functional groups attached to an aromatic ring is 1. The average Bonchev–Trinajstić information content (AvgIpc) is 2.46. The van der Waals surface area contributed by atoms with Crippen molar-refractivity contribution in [2.45, 2.75) is 12.3 Å². The number of carboxylic acids is 1. The van der Waals surface area contributed by atoms with Crippen molar-refractivity contribution >= 4 is 17.4 Å². The van der Waals surface area contributed by atoms with Gasteiger partial charge in [0.15, 0.2) is 5.78 Å². The van der Waals surface area contributed by atoms with Gasteiger partial charge < -0.3 is 10.8 Å². The van der Waals surface area contributed by atoms with Crippen LogP contribution >= 0.6 is 0 Å². The Morgan fingerprint density at radius 3 is 2.15 bits per heavy atom. The van der Waals surface area contributed by atoms with Gasteiger partial charge in [0.1, 0.15) is 0 Å². The fourth-order valence-corrected chi connectivity index (χ4v) is 2.01. The van der Waals surface area contributed by atoms with Crippen LogP contribution in [-0.2, 0) is 4.79 Å². The Bertz CT molecular complexity index is 605. The molecule has 0 spiro atoms. The largest absolute Gasteiger partial charge is 0.481 e. The van der Waals surface area contributed by atoms with Crippen molar-refractivity contribution in [2.24, 2.45) is 0 Å². The topological polar surface area (TPSA) is 80.4 Å². The van der Waals surface area contributed by atoms with E-state index < -0.39 is 11.9 Å². The normalized spacial score (nSPS) is 11.8. The zero-order valence-electron chi connectivity index (χ0n) is 10.8. The highest BCUT2D eigenvalue weighted by Crippen LogP contribution is 2.22. The molecule has 0 amide bonds. The number of carbonyl (C=O) groups is 2. The van der Waals surface area contributed by atoms with Crippen molar-refractivity contribution in [3.8, 4) is 0 Å². The van der Waals surface area contributed by atoms with Crippen LogP contribution in [0.3, 0.4) is 0 Å². The maximum absolute atomic E-state index is 12.1. The zero-order valence-corrected chi connectivity index (χ0v) is 10.8. The summed E-state index contributed by atoms with van der Waals surface area (Å²) in [5.41, 5.74) is 7.23. The molecule has 2 aromatic carbocycles. The van der Waals surface area contributed by atoms with Gasteiger partial charge in [0.25, 0.3) is 0 Å². The van der Waals surface area contributed by atoms with Crippen molar-refractivity contribution in [2.75, 3.05) is 5.73 Å². The standard InChI is InChI=1S/C16H15NO3/c17-13-8-6-12(7-9-13)15(18)10-14(16(19)20)11-4-2-1-3-5-11/h1-9,14H,10,17H2,(H,19,20)/t14-/m0/s1. The first-order valence-corrected chi connectivity index (χ1v) is 6.24. The predicted molar refractivity (Wildman–Crippen MR) is 76.6 cm³/mol. The van der Waals surface area contributed by atoms with Crippen molar-refractivity contribution < 1.29 is 14.7 Å². The first kappa shape index (κ1) is 13.8. The molecule has 0 radical (unpaired) electrons. The van der Waals surface area contributed by atoms with E-state index in [1.807, 2.05) is 6.07 Å². The third-order valence-electron chi connectivity index (χ3n) is 3.12. The minimum absolute atomic E-state index is 0.0662. The average molecular weight is 269 g/mol. The third kappa shape index (κ3) is 3.23. The van der Waals surface area contributed by atoms with Crippen LogP contribution in [0.2, 0.25) is 0 Å². The molecule has 20 heavy (non-hydrogen) atoms. The van der Waals surface area contributed by atoms with Gasteiger partial charge in [-0.2, -0.15) is 0 Å². The first-order chi connectivity index (χ1) is 9.58. The van der Waals surface area contributed by atoms with Gasteiger partial charge in [-0.15, -0.1) is 0 Å². The number of hydrogen-bond acceptors (Lipinski definition) is 3. The van der Waals surface area contributed by atoms with Gasteiger partial charge >= 0.3 is 5.97 Å². The summed E-state index contributed by atoms with van der Waals surface area (Å²) in [7, 11) is 0. The van der Waals surface area contributed by atoms with Crippen LogP contribution in [0.25, 0.3) is 0 Å². The van der Waals surface area contributed by atoms with Gasteiger partial charge in [-0.05, 0) is 29.8 Å². The Morgan fingerprint density at radius 1 is 1.00 bits per heavy atom. The molecule has 4 nitrogen and oxygen atoms in total. The summed E-state index contributed by atoms with van der Waals surface area (Å²) in [6, 6.07) is 15.3. The lowest BCUT2D eigenvalue weighted by Crippen LogP contribution is -2.16. The number of hydrogen-bond donors (Lipinski definition) is 2. The molecule has 2 aromatic rings. The van der Waals surface area contributed by atoms with Crippen molar-refractivity contribution in [1.82, 2.24) is 0 Å². The second kappa shape index (κ2) is 6.02. The molecule has 0 bridgehead atoms. The van der Waals surface area contributed by atoms with E-state index in [9.17, 15) is 14.7 Å². The molecular formula is C16H15NO3. The van der Waals surface area contributed by atoms with Crippen molar-refractivity contribution in [1.29, 1.82) is 0 Å². The molecule has 0 aromatic heterocycles. The van der Waals surface area contributed by atoms with Crippen molar-refractivity contribution in [3.05, 3.63) is 65.7 Å². The Balaban J connectivity index is 2.19.